The zero-order valence-corrected chi connectivity index (χ0v) is 18.2. The molecule has 31 heavy (non-hydrogen) atoms. The molecule has 1 aliphatic heterocycles. The second kappa shape index (κ2) is 9.27. The number of ether oxygens (including phenoxy) is 2. The van der Waals surface area contributed by atoms with Crippen molar-refractivity contribution in [2.45, 2.75) is 19.6 Å². The van der Waals surface area contributed by atoms with Gasteiger partial charge in [0, 0.05) is 36.6 Å². The molecule has 0 saturated carbocycles. The number of rotatable bonds is 7. The molecule has 0 aliphatic carbocycles. The molecule has 1 aliphatic rings. The van der Waals surface area contributed by atoms with Crippen LogP contribution in [-0.4, -0.2) is 47.3 Å². The molecule has 3 aromatic carbocycles. The lowest BCUT2D eigenvalue weighted by Crippen LogP contribution is -2.37. The van der Waals surface area contributed by atoms with Crippen LogP contribution < -0.4 is 4.74 Å². The maximum absolute atomic E-state index is 6.30. The molecule has 0 atom stereocenters. The summed E-state index contributed by atoms with van der Waals surface area (Å²) in [6.45, 7) is 6.01. The minimum absolute atomic E-state index is 0.415. The van der Waals surface area contributed by atoms with E-state index < -0.39 is 0 Å². The molecule has 0 bridgehead atoms. The molecule has 0 N–H and O–H groups in total. The monoisotopic (exact) mass is 435 g/mol. The number of imidazole rings is 1. The van der Waals surface area contributed by atoms with Crippen LogP contribution in [0.3, 0.4) is 0 Å². The highest BCUT2D eigenvalue weighted by atomic mass is 35.5. The van der Waals surface area contributed by atoms with Crippen molar-refractivity contribution in [3.8, 4) is 5.75 Å². The molecule has 6 heteroatoms. The van der Waals surface area contributed by atoms with Crippen molar-refractivity contribution >= 4 is 33.4 Å². The summed E-state index contributed by atoms with van der Waals surface area (Å²) in [5.41, 5.74) is 2.01. The fraction of sp³-hybridized carbons (Fsp3) is 0.320. The van der Waals surface area contributed by atoms with Crippen LogP contribution in [0.1, 0.15) is 12.2 Å². The number of hydrogen-bond donors (Lipinski definition) is 0. The first-order chi connectivity index (χ1) is 15.3. The van der Waals surface area contributed by atoms with E-state index in [1.807, 2.05) is 42.5 Å². The van der Waals surface area contributed by atoms with Gasteiger partial charge in [-0.15, -0.1) is 0 Å². The van der Waals surface area contributed by atoms with E-state index in [0.717, 1.165) is 78.8 Å². The molecule has 4 aromatic rings. The van der Waals surface area contributed by atoms with Crippen molar-refractivity contribution in [1.29, 1.82) is 0 Å². The van der Waals surface area contributed by atoms with Crippen molar-refractivity contribution < 1.29 is 9.47 Å². The maximum atomic E-state index is 6.30. The van der Waals surface area contributed by atoms with Crippen LogP contribution >= 0.6 is 11.6 Å². The predicted octanol–water partition coefficient (Wildman–Crippen LogP) is 5.14. The fourth-order valence-corrected chi connectivity index (χ4v) is 4.41. The van der Waals surface area contributed by atoms with Crippen molar-refractivity contribution in [1.82, 2.24) is 14.5 Å². The summed E-state index contributed by atoms with van der Waals surface area (Å²) in [4.78, 5) is 7.32. The summed E-state index contributed by atoms with van der Waals surface area (Å²) in [6.07, 6.45) is 1.04. The summed E-state index contributed by atoms with van der Waals surface area (Å²) in [5, 5.41) is 3.01. The van der Waals surface area contributed by atoms with Gasteiger partial charge in [0.25, 0.3) is 0 Å². The van der Waals surface area contributed by atoms with Gasteiger partial charge >= 0.3 is 0 Å². The van der Waals surface area contributed by atoms with Gasteiger partial charge < -0.3 is 14.0 Å². The number of benzene rings is 3. The van der Waals surface area contributed by atoms with Crippen LogP contribution in [0.4, 0.5) is 0 Å². The smallest absolute Gasteiger partial charge is 0.147 e. The van der Waals surface area contributed by atoms with E-state index in [2.05, 4.69) is 27.7 Å². The first-order valence-electron chi connectivity index (χ1n) is 10.8. The van der Waals surface area contributed by atoms with E-state index in [1.54, 1.807) is 0 Å². The Labute approximate surface area is 187 Å². The summed E-state index contributed by atoms with van der Waals surface area (Å²) >= 11 is 6.30. The highest BCUT2D eigenvalue weighted by Crippen LogP contribution is 2.27. The largest absolute Gasteiger partial charge is 0.485 e. The van der Waals surface area contributed by atoms with Crippen molar-refractivity contribution in [3.05, 3.63) is 71.5 Å². The average Bonchev–Trinajstić information content (AvgIpc) is 3.15. The van der Waals surface area contributed by atoms with E-state index in [0.29, 0.717) is 6.61 Å². The molecule has 2 heterocycles. The van der Waals surface area contributed by atoms with Gasteiger partial charge in [-0.05, 0) is 36.1 Å². The summed E-state index contributed by atoms with van der Waals surface area (Å²) < 4.78 is 14.0. The molecule has 1 aromatic heterocycles. The van der Waals surface area contributed by atoms with Crippen LogP contribution in [0, 0.1) is 0 Å². The van der Waals surface area contributed by atoms with Gasteiger partial charge in [0.15, 0.2) is 0 Å². The van der Waals surface area contributed by atoms with Gasteiger partial charge in [-0.1, -0.05) is 48.0 Å². The number of aromatic nitrogens is 2. The Bertz CT molecular complexity index is 1180. The van der Waals surface area contributed by atoms with E-state index in [4.69, 9.17) is 26.1 Å². The third-order valence-electron chi connectivity index (χ3n) is 5.86. The third kappa shape index (κ3) is 4.54. The van der Waals surface area contributed by atoms with Crippen LogP contribution in [-0.2, 0) is 17.9 Å². The number of nitrogens with zero attached hydrogens (tertiary/aromatic N) is 3. The van der Waals surface area contributed by atoms with Crippen LogP contribution in [0.2, 0.25) is 5.02 Å². The van der Waals surface area contributed by atoms with Gasteiger partial charge in [0.1, 0.15) is 18.2 Å². The van der Waals surface area contributed by atoms with Crippen LogP contribution in [0.5, 0.6) is 5.75 Å². The number of aryl methyl sites for hydroxylation is 1. The molecule has 0 radical (unpaired) electrons. The zero-order valence-electron chi connectivity index (χ0n) is 17.5. The first-order valence-corrected chi connectivity index (χ1v) is 11.2. The Balaban J connectivity index is 1.37. The molecular formula is C25H26ClN3O2. The third-order valence-corrected chi connectivity index (χ3v) is 6.09. The summed E-state index contributed by atoms with van der Waals surface area (Å²) in [6, 6.07) is 20.3. The van der Waals surface area contributed by atoms with Gasteiger partial charge in [0.05, 0.1) is 24.2 Å². The molecule has 0 unspecified atom stereocenters. The summed E-state index contributed by atoms with van der Waals surface area (Å²) in [5.74, 6) is 1.80. The number of morpholine rings is 1. The lowest BCUT2D eigenvalue weighted by molar-refractivity contribution is 0.0369. The van der Waals surface area contributed by atoms with Crippen molar-refractivity contribution in [2.24, 2.45) is 0 Å². The lowest BCUT2D eigenvalue weighted by atomic mass is 10.1. The lowest BCUT2D eigenvalue weighted by Gasteiger charge is -2.26. The SMILES string of the molecule is Clc1ccc2nc(COc3cccc4ccccc34)n(CCCN3CCOCC3)c2c1. The minimum atomic E-state index is 0.415. The number of halogens is 1. The van der Waals surface area contributed by atoms with E-state index >= 15 is 0 Å². The number of hydrogen-bond acceptors (Lipinski definition) is 4. The first kappa shape index (κ1) is 20.3. The van der Waals surface area contributed by atoms with E-state index in [9.17, 15) is 0 Å². The fourth-order valence-electron chi connectivity index (χ4n) is 4.25. The topological polar surface area (TPSA) is 39.5 Å². The molecule has 1 fully saturated rings. The predicted molar refractivity (Wildman–Crippen MR) is 125 cm³/mol. The second-order valence-corrected chi connectivity index (χ2v) is 8.32. The van der Waals surface area contributed by atoms with Gasteiger partial charge in [-0.3, -0.25) is 4.90 Å². The normalized spacial score (nSPS) is 15.0. The van der Waals surface area contributed by atoms with Crippen LogP contribution in [0.15, 0.2) is 60.7 Å². The molecular weight excluding hydrogens is 410 g/mol. The molecule has 160 valence electrons. The van der Waals surface area contributed by atoms with E-state index in [1.165, 1.54) is 5.39 Å². The standard InChI is InChI=1S/C25H26ClN3O2/c26-20-9-10-22-23(17-20)29(12-4-11-28-13-15-30-16-14-28)25(27-22)18-31-24-8-3-6-19-5-1-2-7-21(19)24/h1-3,5-10,17H,4,11-16,18H2. The molecule has 5 nitrogen and oxygen atoms in total. The molecule has 1 saturated heterocycles. The quantitative estimate of drug-likeness (QED) is 0.402. The molecule has 0 amide bonds. The molecule has 5 rings (SSSR count). The molecule has 0 spiro atoms. The van der Waals surface area contributed by atoms with Crippen molar-refractivity contribution in [2.75, 3.05) is 32.8 Å². The Morgan fingerprint density at radius 3 is 2.71 bits per heavy atom. The highest BCUT2D eigenvalue weighted by Gasteiger charge is 2.14. The zero-order chi connectivity index (χ0) is 21.0. The average molecular weight is 436 g/mol. The van der Waals surface area contributed by atoms with Gasteiger partial charge in [0.2, 0.25) is 0 Å². The minimum Gasteiger partial charge on any atom is -0.485 e. The number of fused-ring (bicyclic) bond motifs is 2. The van der Waals surface area contributed by atoms with Gasteiger partial charge in [-0.2, -0.15) is 0 Å². The Hall–Kier alpha value is -2.60. The Morgan fingerprint density at radius 1 is 0.968 bits per heavy atom. The second-order valence-electron chi connectivity index (χ2n) is 7.89. The maximum Gasteiger partial charge on any atom is 0.147 e. The van der Waals surface area contributed by atoms with Crippen LogP contribution in [0.25, 0.3) is 21.8 Å². The van der Waals surface area contributed by atoms with E-state index in [-0.39, 0.29) is 0 Å². The van der Waals surface area contributed by atoms with Crippen molar-refractivity contribution in [3.63, 3.8) is 0 Å². The Morgan fingerprint density at radius 2 is 1.81 bits per heavy atom. The summed E-state index contributed by atoms with van der Waals surface area (Å²) in [7, 11) is 0. The van der Waals surface area contributed by atoms with Gasteiger partial charge in [-0.25, -0.2) is 4.98 Å². The highest BCUT2D eigenvalue weighted by molar-refractivity contribution is 6.31. The Kier molecular flexibility index (Phi) is 6.07.